The van der Waals surface area contributed by atoms with Gasteiger partial charge < -0.3 is 9.88 Å². The molecule has 1 aliphatic rings. The molecule has 3 aromatic rings. The maximum atomic E-state index is 12.9. The molecule has 0 saturated heterocycles. The smallest absolute Gasteiger partial charge is 0.253 e. The van der Waals surface area contributed by atoms with Crippen molar-refractivity contribution in [3.63, 3.8) is 0 Å². The van der Waals surface area contributed by atoms with Gasteiger partial charge in [-0.15, -0.1) is 0 Å². The number of rotatable bonds is 2. The number of nitrogens with zero attached hydrogens (tertiary/aromatic N) is 1. The Labute approximate surface area is 148 Å². The van der Waals surface area contributed by atoms with E-state index in [4.69, 9.17) is 0 Å². The average molecular weight is 332 g/mol. The zero-order chi connectivity index (χ0) is 17.6. The van der Waals surface area contributed by atoms with E-state index in [0.29, 0.717) is 0 Å². The van der Waals surface area contributed by atoms with Gasteiger partial charge in [-0.2, -0.15) is 0 Å². The van der Waals surface area contributed by atoms with E-state index < -0.39 is 0 Å². The Morgan fingerprint density at radius 1 is 1.12 bits per heavy atom. The highest BCUT2D eigenvalue weighted by atomic mass is 16.2. The molecule has 3 heteroatoms. The van der Waals surface area contributed by atoms with Crippen molar-refractivity contribution in [1.29, 1.82) is 0 Å². The molecule has 1 heterocycles. The number of benzene rings is 2. The monoisotopic (exact) mass is 332 g/mol. The molecule has 25 heavy (non-hydrogen) atoms. The van der Waals surface area contributed by atoms with Crippen LogP contribution in [-0.4, -0.2) is 28.9 Å². The van der Waals surface area contributed by atoms with Gasteiger partial charge in [0.1, 0.15) is 0 Å². The molecule has 1 aromatic heterocycles. The summed E-state index contributed by atoms with van der Waals surface area (Å²) in [5, 5.41) is 1.30. The molecule has 1 N–H and O–H groups in total. The zero-order valence-electron chi connectivity index (χ0n) is 15.1. The van der Waals surface area contributed by atoms with Crippen LogP contribution in [0.25, 0.3) is 10.9 Å². The highest BCUT2D eigenvalue weighted by Gasteiger charge is 2.28. The maximum Gasteiger partial charge on any atom is 0.253 e. The van der Waals surface area contributed by atoms with E-state index in [9.17, 15) is 4.79 Å². The number of para-hydroxylation sites is 1. The minimum atomic E-state index is 0.122. The summed E-state index contributed by atoms with van der Waals surface area (Å²) in [6.45, 7) is 4.14. The lowest BCUT2D eigenvalue weighted by Gasteiger charge is -2.31. The van der Waals surface area contributed by atoms with E-state index in [1.54, 1.807) is 0 Å². The fraction of sp³-hybridized carbons (Fsp3) is 0.318. The summed E-state index contributed by atoms with van der Waals surface area (Å²) >= 11 is 0. The number of carbonyl (C=O) groups is 1. The van der Waals surface area contributed by atoms with E-state index in [1.165, 1.54) is 33.3 Å². The first kappa shape index (κ1) is 15.9. The second kappa shape index (κ2) is 6.07. The van der Waals surface area contributed by atoms with Crippen LogP contribution < -0.4 is 0 Å². The number of aromatic nitrogens is 1. The van der Waals surface area contributed by atoms with Gasteiger partial charge in [-0.1, -0.05) is 24.3 Å². The Hall–Kier alpha value is -2.55. The molecular weight excluding hydrogens is 308 g/mol. The third kappa shape index (κ3) is 2.74. The van der Waals surface area contributed by atoms with Crippen LogP contribution in [0, 0.1) is 13.8 Å². The lowest BCUT2D eigenvalue weighted by atomic mass is 9.90. The zero-order valence-corrected chi connectivity index (χ0v) is 15.1. The number of carbonyl (C=O) groups excluding carboxylic acids is 1. The molecule has 1 aliphatic carbocycles. The van der Waals surface area contributed by atoms with Crippen LogP contribution in [0.5, 0.6) is 0 Å². The molecule has 0 fully saturated rings. The standard InChI is InChI=1S/C22H24N2O/c1-14-8-9-16(12-15(14)2)22(25)24(3)17-10-11-21-19(13-17)18-6-4-5-7-20(18)23-21/h4-9,12,17,23H,10-11,13H2,1-3H3. The number of amides is 1. The van der Waals surface area contributed by atoms with E-state index in [1.807, 2.05) is 30.1 Å². The number of likely N-dealkylation sites (N-methyl/N-ethyl adjacent to an activating group) is 1. The minimum absolute atomic E-state index is 0.122. The number of aromatic amines is 1. The van der Waals surface area contributed by atoms with E-state index in [2.05, 4.69) is 43.1 Å². The van der Waals surface area contributed by atoms with E-state index in [-0.39, 0.29) is 11.9 Å². The molecule has 0 radical (unpaired) electrons. The Morgan fingerprint density at radius 2 is 1.92 bits per heavy atom. The van der Waals surface area contributed by atoms with E-state index >= 15 is 0 Å². The van der Waals surface area contributed by atoms with Crippen LogP contribution in [0.4, 0.5) is 0 Å². The Morgan fingerprint density at radius 3 is 2.72 bits per heavy atom. The SMILES string of the molecule is Cc1ccc(C(=O)N(C)C2CCc3[nH]c4ccccc4c3C2)cc1C. The summed E-state index contributed by atoms with van der Waals surface area (Å²) in [6.07, 6.45) is 2.93. The predicted molar refractivity (Wildman–Crippen MR) is 102 cm³/mol. The van der Waals surface area contributed by atoms with Gasteiger partial charge in [-0.25, -0.2) is 0 Å². The van der Waals surface area contributed by atoms with Crippen molar-refractivity contribution in [3.8, 4) is 0 Å². The quantitative estimate of drug-likeness (QED) is 0.741. The number of nitrogens with one attached hydrogen (secondary N) is 1. The number of hydrogen-bond acceptors (Lipinski definition) is 1. The highest BCUT2D eigenvalue weighted by Crippen LogP contribution is 2.31. The second-order valence-electron chi connectivity index (χ2n) is 7.24. The van der Waals surface area contributed by atoms with Gasteiger partial charge in [0, 0.05) is 35.2 Å². The Kier molecular flexibility index (Phi) is 3.87. The largest absolute Gasteiger partial charge is 0.358 e. The number of hydrogen-bond donors (Lipinski definition) is 1. The molecular formula is C22H24N2O. The van der Waals surface area contributed by atoms with Crippen molar-refractivity contribution < 1.29 is 4.79 Å². The lowest BCUT2D eigenvalue weighted by molar-refractivity contribution is 0.0719. The van der Waals surface area contributed by atoms with Gasteiger partial charge in [0.2, 0.25) is 0 Å². The van der Waals surface area contributed by atoms with Crippen molar-refractivity contribution in [2.75, 3.05) is 7.05 Å². The van der Waals surface area contributed by atoms with Crippen LogP contribution in [0.15, 0.2) is 42.5 Å². The van der Waals surface area contributed by atoms with Gasteiger partial charge in [0.15, 0.2) is 0 Å². The summed E-state index contributed by atoms with van der Waals surface area (Å²) in [5.41, 5.74) is 7.10. The summed E-state index contributed by atoms with van der Waals surface area (Å²) in [4.78, 5) is 18.4. The van der Waals surface area contributed by atoms with Gasteiger partial charge >= 0.3 is 0 Å². The third-order valence-electron chi connectivity index (χ3n) is 5.69. The van der Waals surface area contributed by atoms with Crippen LogP contribution in [0.1, 0.15) is 39.2 Å². The first-order valence-electron chi connectivity index (χ1n) is 8.97. The van der Waals surface area contributed by atoms with Gasteiger partial charge in [-0.05, 0) is 68.0 Å². The van der Waals surface area contributed by atoms with Crippen molar-refractivity contribution in [2.45, 2.75) is 39.2 Å². The number of fused-ring (bicyclic) bond motifs is 3. The van der Waals surface area contributed by atoms with Gasteiger partial charge in [0.25, 0.3) is 5.91 Å². The summed E-state index contributed by atoms with van der Waals surface area (Å²) < 4.78 is 0. The van der Waals surface area contributed by atoms with Crippen molar-refractivity contribution in [3.05, 3.63) is 70.4 Å². The molecule has 128 valence electrons. The molecule has 3 nitrogen and oxygen atoms in total. The third-order valence-corrected chi connectivity index (χ3v) is 5.69. The van der Waals surface area contributed by atoms with Crippen LogP contribution in [0.3, 0.4) is 0 Å². The molecule has 4 rings (SSSR count). The number of H-pyrrole nitrogens is 1. The topological polar surface area (TPSA) is 36.1 Å². The molecule has 0 spiro atoms. The first-order chi connectivity index (χ1) is 12.0. The molecule has 1 atom stereocenters. The first-order valence-corrected chi connectivity index (χ1v) is 8.97. The van der Waals surface area contributed by atoms with Gasteiger partial charge in [-0.3, -0.25) is 4.79 Å². The van der Waals surface area contributed by atoms with Crippen LogP contribution in [0.2, 0.25) is 0 Å². The van der Waals surface area contributed by atoms with Crippen LogP contribution in [-0.2, 0) is 12.8 Å². The highest BCUT2D eigenvalue weighted by molar-refractivity contribution is 5.94. The predicted octanol–water partition coefficient (Wildman–Crippen LogP) is 4.41. The molecule has 0 saturated carbocycles. The normalized spacial score (nSPS) is 16.7. The lowest BCUT2D eigenvalue weighted by Crippen LogP contribution is -2.40. The van der Waals surface area contributed by atoms with Crippen LogP contribution >= 0.6 is 0 Å². The van der Waals surface area contributed by atoms with Gasteiger partial charge in [0.05, 0.1) is 0 Å². The van der Waals surface area contributed by atoms with Crippen molar-refractivity contribution in [1.82, 2.24) is 9.88 Å². The summed E-state index contributed by atoms with van der Waals surface area (Å²) in [5.74, 6) is 0.122. The fourth-order valence-corrected chi connectivity index (χ4v) is 3.93. The summed E-state index contributed by atoms with van der Waals surface area (Å²) in [6, 6.07) is 14.7. The Balaban J connectivity index is 1.60. The van der Waals surface area contributed by atoms with E-state index in [0.717, 1.165) is 24.8 Å². The summed E-state index contributed by atoms with van der Waals surface area (Å²) in [7, 11) is 1.95. The minimum Gasteiger partial charge on any atom is -0.358 e. The molecule has 0 aliphatic heterocycles. The molecule has 1 unspecified atom stereocenters. The second-order valence-corrected chi connectivity index (χ2v) is 7.24. The number of aryl methyl sites for hydroxylation is 3. The molecule has 1 amide bonds. The van der Waals surface area contributed by atoms with Crippen molar-refractivity contribution in [2.24, 2.45) is 0 Å². The molecule has 0 bridgehead atoms. The Bertz CT molecular complexity index is 954. The fourth-order valence-electron chi connectivity index (χ4n) is 3.93. The molecule has 2 aromatic carbocycles. The average Bonchev–Trinajstić information content (AvgIpc) is 3.00. The maximum absolute atomic E-state index is 12.9. The van der Waals surface area contributed by atoms with Crippen molar-refractivity contribution >= 4 is 16.8 Å².